The molecule has 0 spiro atoms. The van der Waals surface area contributed by atoms with Crippen molar-refractivity contribution in [3.8, 4) is 0 Å². The molecule has 0 radical (unpaired) electrons. The van der Waals surface area contributed by atoms with Crippen LogP contribution in [0.1, 0.15) is 184 Å². The van der Waals surface area contributed by atoms with Gasteiger partial charge in [-0.2, -0.15) is 0 Å². The van der Waals surface area contributed by atoms with E-state index < -0.39 is 139 Å². The van der Waals surface area contributed by atoms with Crippen molar-refractivity contribution in [1.82, 2.24) is 39.2 Å². The molecule has 27 nitrogen and oxygen atoms in total. The molecule has 0 aromatic heterocycles. The summed E-state index contributed by atoms with van der Waals surface area (Å²) in [6, 6.07) is -0.925. The standard InChI is InChI=1S/C11H19F2NO3.C11H19F2NO2S.C11H17F2NO2.C11H20FNO3.C11H18FNO2.C10H17F2NO3.C10H15F2NO2.C10H16FNO2/c2*1-10(2,3)14-7-11(12,13)4-8(14)5-17-6-9(15)16;1-10(2,3)14-7-11(12,13)6-8(14)4-5-9(15)16;1-11(2,3)13-5-8(12)4-9(13)6-16-7-10(14)15;1-11(2,3)13-7-8(12)6-9(13)4-5-10(14)15;1-9(2,3)13-4-7(10(11,12)6-13)16-5-8(14)15;1-7(2)13-5-8(3-4-9(14)15)10(11,12)6-13;1-7(2)12-5-8(9(11)6-12)3-4-10(13)14/h2*8H,4-7H2,1-3H3,(H,15,16);4-5,8H,6-7H2,1-3H3,(H,15,16);8-9H,4-7H2,1-3H3,(H,14,15);4-5,8-9H,6-7H2,1-3H3,(H,14,15);7H,4-6H2,1-3H3,(H,14,15);3-4,7-8H,5-6H2,1-2H3,(H,14,15);3-4,7-9H,5-6H2,1-2H3,(H,13,14)/b;;5-4+;;5-4+;;2*4-3+. The molecular formula is C85H141F13N8O19S. The van der Waals surface area contributed by atoms with E-state index >= 15 is 0 Å². The second-order valence-corrected chi connectivity index (χ2v) is 40.2. The minimum absolute atomic E-state index is 0.0191. The molecule has 8 heterocycles. The number of hydrogen-bond acceptors (Lipinski definition) is 20. The Kier molecular flexibility index (Phi) is 46.6. The smallest absolute Gasteiger partial charge is 0.329 e. The molecule has 8 aliphatic rings. The van der Waals surface area contributed by atoms with Crippen molar-refractivity contribution in [3.63, 3.8) is 0 Å². The summed E-state index contributed by atoms with van der Waals surface area (Å²) in [4.78, 5) is 96.9. The number of ether oxygens (including phenoxy) is 3. The molecule has 41 heteroatoms. The van der Waals surface area contributed by atoms with Crippen molar-refractivity contribution < 1.29 is 150 Å². The van der Waals surface area contributed by atoms with Gasteiger partial charge in [0, 0.05) is 170 Å². The number of rotatable bonds is 25. The summed E-state index contributed by atoms with van der Waals surface area (Å²) < 4.78 is 188. The second-order valence-electron chi connectivity index (χ2n) is 39.1. The van der Waals surface area contributed by atoms with E-state index in [1.807, 2.05) is 167 Å². The summed E-state index contributed by atoms with van der Waals surface area (Å²) in [5, 5.41) is 67.6. The first-order valence-electron chi connectivity index (χ1n) is 41.7. The van der Waals surface area contributed by atoms with Crippen LogP contribution in [0.2, 0.25) is 0 Å². The Morgan fingerprint density at radius 2 is 0.794 bits per heavy atom. The molecule has 0 saturated carbocycles. The Hall–Kier alpha value is -6.28. The number of aliphatic carboxylic acids is 8. The third-order valence-corrected chi connectivity index (χ3v) is 22.4. The van der Waals surface area contributed by atoms with Crippen molar-refractivity contribution in [2.75, 3.05) is 117 Å². The molecule has 8 aliphatic heterocycles. The SMILES string of the molecule is CC(C)(C)N1CC(F)(F)CC1/C=C/C(=O)O.CC(C)(C)N1CC(F)(F)CC1COCC(=O)O.CC(C)(C)N1CC(F)(F)CC1CSCC(=O)O.CC(C)(C)N1CC(F)CC1/C=C/C(=O)O.CC(C)(C)N1CC(F)CC1COCC(=O)O.CC(C)(C)N1CC(OCC(=O)O)C(F)(F)C1.CC(C)N1CC(/C=C/C(=O)O)C(F)(F)C1.CC(C)N1CC(F)C(/C=C/C(=O)O)C1. The van der Waals surface area contributed by atoms with Gasteiger partial charge in [-0.15, -0.1) is 11.8 Å². The Labute approximate surface area is 737 Å². The van der Waals surface area contributed by atoms with E-state index in [-0.39, 0.29) is 148 Å². The lowest BCUT2D eigenvalue weighted by molar-refractivity contribution is -0.153. The van der Waals surface area contributed by atoms with E-state index in [4.69, 9.17) is 55.1 Å². The molecule has 11 atom stereocenters. The average molecular weight is 1860 g/mol. The first-order chi connectivity index (χ1) is 56.9. The summed E-state index contributed by atoms with van der Waals surface area (Å²) >= 11 is 1.20. The minimum atomic E-state index is -2.98. The van der Waals surface area contributed by atoms with Crippen LogP contribution < -0.4 is 0 Å². The summed E-state index contributed by atoms with van der Waals surface area (Å²) in [5.41, 5.74) is -1.70. The van der Waals surface area contributed by atoms with Crippen LogP contribution in [0.5, 0.6) is 0 Å². The second kappa shape index (κ2) is 49.8. The Bertz CT molecular complexity index is 3490. The van der Waals surface area contributed by atoms with Crippen LogP contribution in [0.25, 0.3) is 0 Å². The third kappa shape index (κ3) is 45.0. The first kappa shape index (κ1) is 118. The van der Waals surface area contributed by atoms with Crippen LogP contribution in [0.4, 0.5) is 57.1 Å². The van der Waals surface area contributed by atoms with E-state index in [1.165, 1.54) is 23.9 Å². The fraction of sp³-hybridized carbons (Fsp3) is 0.812. The number of alkyl halides is 13. The Morgan fingerprint density at radius 3 is 1.20 bits per heavy atom. The van der Waals surface area contributed by atoms with Crippen LogP contribution in [0.15, 0.2) is 48.6 Å². The molecule has 11 unspecified atom stereocenters. The molecule has 0 aromatic rings. The first-order valence-corrected chi connectivity index (χ1v) is 42.8. The van der Waals surface area contributed by atoms with Gasteiger partial charge in [0.15, 0.2) is 0 Å². The molecule has 732 valence electrons. The van der Waals surface area contributed by atoms with Crippen molar-refractivity contribution in [3.05, 3.63) is 48.6 Å². The fourth-order valence-corrected chi connectivity index (χ4v) is 16.0. The molecule has 126 heavy (non-hydrogen) atoms. The van der Waals surface area contributed by atoms with Gasteiger partial charge in [0.05, 0.1) is 57.6 Å². The average Bonchev–Trinajstić information content (AvgIpc) is 1.65. The number of hydrogen-bond donors (Lipinski definition) is 8. The number of halogens is 13. The molecule has 0 aromatic carbocycles. The van der Waals surface area contributed by atoms with Crippen molar-refractivity contribution in [2.24, 2.45) is 11.8 Å². The van der Waals surface area contributed by atoms with Crippen molar-refractivity contribution in [1.29, 1.82) is 0 Å². The number of carbonyl (C=O) groups is 8. The molecule has 0 amide bonds. The predicted molar refractivity (Wildman–Crippen MR) is 452 cm³/mol. The topological polar surface area (TPSA) is 352 Å². The number of thioether (sulfide) groups is 1. The van der Waals surface area contributed by atoms with Crippen LogP contribution in [0.3, 0.4) is 0 Å². The van der Waals surface area contributed by atoms with Gasteiger partial charge in [-0.25, -0.2) is 90.6 Å². The van der Waals surface area contributed by atoms with Crippen LogP contribution in [-0.4, -0.2) is 374 Å². The van der Waals surface area contributed by atoms with Crippen molar-refractivity contribution >= 4 is 59.5 Å². The van der Waals surface area contributed by atoms with Crippen LogP contribution >= 0.6 is 11.8 Å². The monoisotopic (exact) mass is 1860 g/mol. The van der Waals surface area contributed by atoms with E-state index in [2.05, 4.69) is 0 Å². The predicted octanol–water partition coefficient (Wildman–Crippen LogP) is 13.3. The van der Waals surface area contributed by atoms with Crippen molar-refractivity contribution in [2.45, 2.75) is 314 Å². The lowest BCUT2D eigenvalue weighted by atomic mass is 10.0. The van der Waals surface area contributed by atoms with Gasteiger partial charge in [0.25, 0.3) is 29.6 Å². The normalized spacial score (nSPS) is 26.7. The Morgan fingerprint density at radius 1 is 0.397 bits per heavy atom. The molecule has 8 saturated heterocycles. The van der Waals surface area contributed by atoms with Gasteiger partial charge >= 0.3 is 47.8 Å². The van der Waals surface area contributed by atoms with E-state index in [1.54, 1.807) is 30.6 Å². The highest BCUT2D eigenvalue weighted by Crippen LogP contribution is 2.42. The van der Waals surface area contributed by atoms with Crippen LogP contribution in [-0.2, 0) is 52.6 Å². The Balaban J connectivity index is 0.000000720. The largest absolute Gasteiger partial charge is 0.481 e. The molecule has 8 rings (SSSR count). The minimum Gasteiger partial charge on any atom is -0.481 e. The maximum absolute atomic E-state index is 13.5. The number of nitrogens with zero attached hydrogens (tertiary/aromatic N) is 8. The zero-order valence-electron chi connectivity index (χ0n) is 76.9. The quantitative estimate of drug-likeness (QED) is 0.0311. The zero-order valence-corrected chi connectivity index (χ0v) is 77.7. The maximum Gasteiger partial charge on any atom is 0.329 e. The van der Waals surface area contributed by atoms with Gasteiger partial charge in [0.1, 0.15) is 44.4 Å². The molecular weight excluding hydrogens is 1720 g/mol. The van der Waals surface area contributed by atoms with Gasteiger partial charge in [-0.1, -0.05) is 24.3 Å². The maximum atomic E-state index is 13.5. The number of carboxylic acids is 8. The highest BCUT2D eigenvalue weighted by molar-refractivity contribution is 7.99. The summed E-state index contributed by atoms with van der Waals surface area (Å²) in [5.74, 6) is -23.2. The molecule has 8 fully saturated rings. The van der Waals surface area contributed by atoms with Gasteiger partial charge < -0.3 is 55.1 Å². The number of carboxylic acid groups (broad SMARTS) is 8. The molecule has 0 aliphatic carbocycles. The summed E-state index contributed by atoms with van der Waals surface area (Å²) in [7, 11) is 0. The summed E-state index contributed by atoms with van der Waals surface area (Å²) in [6.07, 6.45) is 5.42. The molecule has 0 bridgehead atoms. The third-order valence-electron chi connectivity index (χ3n) is 21.3. The summed E-state index contributed by atoms with van der Waals surface area (Å²) in [6.45, 7) is 41.6. The highest BCUT2D eigenvalue weighted by Gasteiger charge is 2.54. The molecule has 8 N–H and O–H groups in total. The van der Waals surface area contributed by atoms with E-state index in [0.29, 0.717) is 50.8 Å². The van der Waals surface area contributed by atoms with Gasteiger partial charge in [0.2, 0.25) is 0 Å². The number of likely N-dealkylation sites (tertiary alicyclic amines) is 8. The zero-order chi connectivity index (χ0) is 98.0. The van der Waals surface area contributed by atoms with E-state index in [0.717, 1.165) is 30.4 Å². The van der Waals surface area contributed by atoms with Crippen LogP contribution in [0, 0.1) is 11.8 Å². The van der Waals surface area contributed by atoms with E-state index in [9.17, 15) is 95.4 Å². The van der Waals surface area contributed by atoms with Gasteiger partial charge in [-0.05, 0) is 165 Å². The fourth-order valence-electron chi connectivity index (χ4n) is 15.1. The lowest BCUT2D eigenvalue weighted by Gasteiger charge is -2.36. The highest BCUT2D eigenvalue weighted by atomic mass is 32.2. The van der Waals surface area contributed by atoms with Gasteiger partial charge in [-0.3, -0.25) is 44.0 Å². The lowest BCUT2D eigenvalue weighted by Crippen LogP contribution is -2.47.